The molecule has 4 fully saturated rings. The van der Waals surface area contributed by atoms with Gasteiger partial charge in [0.2, 0.25) is 0 Å². The Morgan fingerprint density at radius 1 is 0.402 bits per heavy atom. The SMILES string of the molecule is CC(C)(C)c1[c-]c2c(cc1)-c1ccc(C(C)(C)C)cc1C2.CC(C)(C)c1[c-]c2c(cc1)-c1ccc(C(C)(C)C)cc1C2.[C-]1=CC=CC1.[C-]1=CC=CC1.[Cl-].[Cl-].[Zr+2]=[C](CC1CCCC1)CC1CCCC1.[Zr+2]=[C](CC1CCCC1)CC1CCCC1. The van der Waals surface area contributed by atoms with Crippen LogP contribution in [0.5, 0.6) is 0 Å². The summed E-state index contributed by atoms with van der Waals surface area (Å²) < 4.78 is 3.80. The molecule has 8 aliphatic carbocycles. The summed E-state index contributed by atoms with van der Waals surface area (Å²) in [5.41, 5.74) is 17.4. The van der Waals surface area contributed by atoms with Crippen molar-refractivity contribution in [3.63, 3.8) is 0 Å². The molecule has 0 N–H and O–H groups in total. The van der Waals surface area contributed by atoms with Crippen molar-refractivity contribution in [3.05, 3.63) is 166 Å². The second kappa shape index (κ2) is 33.3. The number of rotatable bonds is 8. The Morgan fingerprint density at radius 3 is 0.927 bits per heavy atom. The number of allylic oxidation sites excluding steroid dienone is 8. The monoisotopic (exact) mass is 1290 g/mol. The molecule has 0 unspecified atom stereocenters. The van der Waals surface area contributed by atoms with Crippen LogP contribution >= 0.6 is 0 Å². The van der Waals surface area contributed by atoms with Gasteiger partial charge in [0.05, 0.1) is 0 Å². The van der Waals surface area contributed by atoms with Gasteiger partial charge in [0, 0.05) is 0 Å². The van der Waals surface area contributed by atoms with Gasteiger partial charge in [-0.2, -0.15) is 59.7 Å². The van der Waals surface area contributed by atoms with E-state index in [4.69, 9.17) is 0 Å². The van der Waals surface area contributed by atoms with Crippen molar-refractivity contribution in [2.75, 3.05) is 0 Å². The molecule has 12 rings (SSSR count). The molecule has 0 aliphatic heterocycles. The van der Waals surface area contributed by atoms with Crippen molar-refractivity contribution in [2.24, 2.45) is 23.7 Å². The van der Waals surface area contributed by atoms with E-state index in [0.717, 1.165) is 49.4 Å². The Hall–Kier alpha value is -2.07. The fourth-order valence-electron chi connectivity index (χ4n) is 13.2. The van der Waals surface area contributed by atoms with E-state index in [1.54, 1.807) is 48.5 Å². The van der Waals surface area contributed by atoms with Crippen LogP contribution < -0.4 is 24.8 Å². The first-order valence-corrected chi connectivity index (χ1v) is 34.4. The minimum absolute atomic E-state index is 0. The Labute approximate surface area is 545 Å². The molecule has 0 aromatic heterocycles. The number of hydrogen-bond donors (Lipinski definition) is 0. The Morgan fingerprint density at radius 2 is 0.695 bits per heavy atom. The second-order valence-corrected chi connectivity index (χ2v) is 32.7. The van der Waals surface area contributed by atoms with Crippen LogP contribution in [0.1, 0.15) is 269 Å². The first-order valence-electron chi connectivity index (χ1n) is 32.0. The summed E-state index contributed by atoms with van der Waals surface area (Å²) >= 11 is 3.48. The zero-order valence-corrected chi connectivity index (χ0v) is 59.7. The average molecular weight is 1300 g/mol. The number of fused-ring (bicyclic) bond motifs is 6. The van der Waals surface area contributed by atoms with Gasteiger partial charge in [-0.05, 0) is 56.8 Å². The first kappa shape index (κ1) is 70.7. The molecule has 4 aromatic rings. The first-order chi connectivity index (χ1) is 38.0. The van der Waals surface area contributed by atoms with Crippen molar-refractivity contribution in [1.29, 1.82) is 0 Å². The molecule has 4 heteroatoms. The van der Waals surface area contributed by atoms with E-state index in [2.05, 4.69) is 180 Å². The summed E-state index contributed by atoms with van der Waals surface area (Å²) in [7, 11) is 0. The predicted octanol–water partition coefficient (Wildman–Crippen LogP) is 15.7. The standard InChI is InChI=1S/2C21H25.2C13H22.2C5H5.2ClH.2Zr/c2*1-20(2,3)16-7-9-18-14(12-16)11-15-13-17(21(4,5)6)8-10-19(15)18;2*1-2-7-12(6-1)10-5-11-13-8-3-4-9-13;2*1-2-4-5-3-1;;;;/h2*7-10,12H,11H2,1-6H3;2*12-13H,1-4,6-11H2;2*1-3H,4H2;2*1H;;/q2*-1;;;2*-1;;;2*+2/p-2. The minimum atomic E-state index is 0. The molecule has 0 saturated heterocycles. The molecule has 4 aromatic carbocycles. The van der Waals surface area contributed by atoms with E-state index in [1.165, 1.54) is 195 Å². The third-order valence-electron chi connectivity index (χ3n) is 18.1. The van der Waals surface area contributed by atoms with Gasteiger partial charge in [0.15, 0.2) is 0 Å². The third-order valence-corrected chi connectivity index (χ3v) is 20.1. The fourth-order valence-corrected chi connectivity index (χ4v) is 16.0. The summed E-state index contributed by atoms with van der Waals surface area (Å²) in [6, 6.07) is 30.3. The zero-order valence-electron chi connectivity index (χ0n) is 53.3. The van der Waals surface area contributed by atoms with E-state index in [-0.39, 0.29) is 46.5 Å². The van der Waals surface area contributed by atoms with Crippen molar-refractivity contribution in [3.8, 4) is 22.3 Å². The molecule has 0 heterocycles. The van der Waals surface area contributed by atoms with Crippen molar-refractivity contribution < 1.29 is 73.3 Å². The van der Waals surface area contributed by atoms with Crippen LogP contribution in [0.4, 0.5) is 0 Å². The molecular formula is C78H104Cl2Zr2-2. The van der Waals surface area contributed by atoms with Crippen LogP contribution in [-0.2, 0) is 83.0 Å². The van der Waals surface area contributed by atoms with Crippen LogP contribution in [0, 0.1) is 48.0 Å². The van der Waals surface area contributed by atoms with Crippen LogP contribution in [0.3, 0.4) is 0 Å². The summed E-state index contributed by atoms with van der Waals surface area (Å²) in [5.74, 6) is 4.35. The van der Waals surface area contributed by atoms with E-state index in [0.29, 0.717) is 0 Å². The molecule has 440 valence electrons. The second-order valence-electron chi connectivity index (χ2n) is 29.3. The Balaban J connectivity index is 0.000000190. The average Bonchev–Trinajstić information content (AvgIpc) is 3.52. The molecule has 8 aliphatic rings. The van der Waals surface area contributed by atoms with Crippen LogP contribution in [0.25, 0.3) is 22.3 Å². The Bertz CT molecular complexity index is 2390. The van der Waals surface area contributed by atoms with E-state index < -0.39 is 0 Å². The van der Waals surface area contributed by atoms with Crippen molar-refractivity contribution in [1.82, 2.24) is 0 Å². The quantitative estimate of drug-likeness (QED) is 0.133. The van der Waals surface area contributed by atoms with Gasteiger partial charge in [0.1, 0.15) is 0 Å². The van der Waals surface area contributed by atoms with Gasteiger partial charge in [0.25, 0.3) is 0 Å². The topological polar surface area (TPSA) is 0 Å². The maximum atomic E-state index is 3.67. The zero-order chi connectivity index (χ0) is 57.5. The summed E-state index contributed by atoms with van der Waals surface area (Å²) in [4.78, 5) is 0. The van der Waals surface area contributed by atoms with Gasteiger partial charge in [-0.25, -0.2) is 24.3 Å². The van der Waals surface area contributed by atoms with Crippen LogP contribution in [0.2, 0.25) is 0 Å². The summed E-state index contributed by atoms with van der Waals surface area (Å²) in [6.07, 6.45) is 52.4. The van der Waals surface area contributed by atoms with Gasteiger partial charge < -0.3 is 24.8 Å². The van der Waals surface area contributed by atoms with Crippen LogP contribution in [-0.4, -0.2) is 6.41 Å². The van der Waals surface area contributed by atoms with Gasteiger partial charge in [-0.3, -0.25) is 12.2 Å². The molecule has 0 bridgehead atoms. The summed E-state index contributed by atoms with van der Waals surface area (Å²) in [6.45, 7) is 27.2. The van der Waals surface area contributed by atoms with Gasteiger partial charge >= 0.3 is 207 Å². The normalized spacial score (nSPS) is 17.8. The number of hydrogen-bond acceptors (Lipinski definition) is 0. The molecule has 0 atom stereocenters. The van der Waals surface area contributed by atoms with Crippen molar-refractivity contribution >= 4 is 6.41 Å². The maximum absolute atomic E-state index is 3.67. The fraction of sp³-hybridized carbons (Fsp3) is 0.564. The van der Waals surface area contributed by atoms with E-state index in [9.17, 15) is 0 Å². The van der Waals surface area contributed by atoms with E-state index in [1.807, 2.05) is 30.7 Å². The molecule has 0 amide bonds. The molecular weight excluding hydrogens is 1190 g/mol. The van der Waals surface area contributed by atoms with Crippen LogP contribution in [0.15, 0.2) is 97.1 Å². The summed E-state index contributed by atoms with van der Waals surface area (Å²) in [5, 5.41) is 0. The molecule has 4 saturated carbocycles. The number of benzene rings is 4. The Kier molecular flexibility index (Phi) is 28.7. The third kappa shape index (κ3) is 22.3. The molecule has 0 radical (unpaired) electrons. The van der Waals surface area contributed by atoms with Gasteiger partial charge in [-0.1, -0.05) is 131 Å². The van der Waals surface area contributed by atoms with Crippen molar-refractivity contribution in [2.45, 2.75) is 259 Å². The molecule has 82 heavy (non-hydrogen) atoms. The van der Waals surface area contributed by atoms with E-state index >= 15 is 0 Å². The predicted molar refractivity (Wildman–Crippen MR) is 341 cm³/mol. The molecule has 0 spiro atoms. The van der Waals surface area contributed by atoms with Gasteiger partial charge in [-0.15, -0.1) is 35.1 Å². The molecule has 0 nitrogen and oxygen atoms in total. The number of halogens is 2.